The Balaban J connectivity index is 1.74. The maximum Gasteiger partial charge on any atom is 0.326 e. The van der Waals surface area contributed by atoms with Crippen molar-refractivity contribution in [3.05, 3.63) is 86.4 Å². The Kier molecular flexibility index (Phi) is 8.80. The smallest absolute Gasteiger partial charge is 0.326 e. The van der Waals surface area contributed by atoms with Gasteiger partial charge >= 0.3 is 5.97 Å². The number of hydrogen-bond acceptors (Lipinski definition) is 4. The van der Waals surface area contributed by atoms with E-state index in [-0.39, 0.29) is 22.0 Å². The van der Waals surface area contributed by atoms with Gasteiger partial charge in [-0.3, -0.25) is 9.59 Å². The third-order valence-corrected chi connectivity index (χ3v) is 7.09. The maximum absolute atomic E-state index is 13.2. The minimum atomic E-state index is -1.17. The molecular formula is C28H27Cl2N3O4. The highest BCUT2D eigenvalue weighted by molar-refractivity contribution is 6.40. The van der Waals surface area contributed by atoms with Crippen molar-refractivity contribution in [2.75, 3.05) is 5.32 Å². The molecule has 2 aromatic carbocycles. The Morgan fingerprint density at radius 3 is 2.30 bits per heavy atom. The van der Waals surface area contributed by atoms with Gasteiger partial charge in [0, 0.05) is 23.8 Å². The van der Waals surface area contributed by atoms with Crippen molar-refractivity contribution in [1.29, 1.82) is 5.26 Å². The van der Waals surface area contributed by atoms with Crippen LogP contribution in [0.3, 0.4) is 0 Å². The maximum atomic E-state index is 13.2. The number of rotatable bonds is 7. The van der Waals surface area contributed by atoms with Gasteiger partial charge in [-0.15, -0.1) is 0 Å². The average molecular weight is 540 g/mol. The van der Waals surface area contributed by atoms with E-state index in [1.54, 1.807) is 49.4 Å². The summed E-state index contributed by atoms with van der Waals surface area (Å²) in [5, 5.41) is 24.7. The van der Waals surface area contributed by atoms with Gasteiger partial charge in [-0.05, 0) is 66.2 Å². The van der Waals surface area contributed by atoms with Crippen molar-refractivity contribution >= 4 is 46.7 Å². The van der Waals surface area contributed by atoms with Gasteiger partial charge in [0.1, 0.15) is 6.04 Å². The minimum absolute atomic E-state index is 0.0410. The number of carbonyl (C=O) groups excluding carboxylic acids is 2. The van der Waals surface area contributed by atoms with E-state index in [2.05, 4.69) is 10.6 Å². The standard InChI is InChI=1S/C28H27Cl2N3O4/c1-16-18(12-14-31)11-13-28(2,3)24(16)26(35)33-22(27(36)37)15-17-7-9-19(10-8-17)32-25(34)23-20(29)5-4-6-21(23)30/h4-10,12,22H,11,13,15H2,1-3H3,(H,32,34)(H,33,35)(H,36,37)/t22-/m0/s1. The van der Waals surface area contributed by atoms with Crippen LogP contribution in [0.5, 0.6) is 0 Å². The van der Waals surface area contributed by atoms with Crippen LogP contribution < -0.4 is 10.6 Å². The summed E-state index contributed by atoms with van der Waals surface area (Å²) < 4.78 is 0. The number of amides is 2. The van der Waals surface area contributed by atoms with Crippen molar-refractivity contribution in [2.24, 2.45) is 5.41 Å². The van der Waals surface area contributed by atoms with Crippen molar-refractivity contribution in [1.82, 2.24) is 5.32 Å². The molecule has 192 valence electrons. The lowest BCUT2D eigenvalue weighted by atomic mass is 9.70. The average Bonchev–Trinajstić information content (AvgIpc) is 2.81. The van der Waals surface area contributed by atoms with Gasteiger partial charge in [-0.1, -0.05) is 55.2 Å². The number of allylic oxidation sites excluding steroid dienone is 3. The van der Waals surface area contributed by atoms with Crippen molar-refractivity contribution in [2.45, 2.75) is 46.1 Å². The van der Waals surface area contributed by atoms with E-state index in [1.807, 2.05) is 19.9 Å². The first-order valence-electron chi connectivity index (χ1n) is 11.6. The summed E-state index contributed by atoms with van der Waals surface area (Å²) in [6.45, 7) is 5.66. The highest BCUT2D eigenvalue weighted by Crippen LogP contribution is 2.42. The van der Waals surface area contributed by atoms with Gasteiger partial charge < -0.3 is 15.7 Å². The lowest BCUT2D eigenvalue weighted by Gasteiger charge is -2.35. The van der Waals surface area contributed by atoms with Crippen LogP contribution in [0, 0.1) is 16.7 Å². The quantitative estimate of drug-likeness (QED) is 0.376. The third kappa shape index (κ3) is 6.59. The number of nitrogens with one attached hydrogen (secondary N) is 2. The molecule has 0 aromatic heterocycles. The van der Waals surface area contributed by atoms with Gasteiger partial charge in [0.05, 0.1) is 21.7 Å². The molecule has 3 N–H and O–H groups in total. The summed E-state index contributed by atoms with van der Waals surface area (Å²) in [6.07, 6.45) is 2.83. The fourth-order valence-electron chi connectivity index (χ4n) is 4.46. The molecule has 0 bridgehead atoms. The molecule has 7 nitrogen and oxygen atoms in total. The molecule has 0 unspecified atom stereocenters. The zero-order chi connectivity index (χ0) is 27.3. The molecule has 0 saturated heterocycles. The number of nitrogens with zero attached hydrogens (tertiary/aromatic N) is 1. The number of benzene rings is 2. The zero-order valence-electron chi connectivity index (χ0n) is 20.7. The van der Waals surface area contributed by atoms with Crippen LogP contribution in [0.1, 0.15) is 49.5 Å². The van der Waals surface area contributed by atoms with Crippen molar-refractivity contribution < 1.29 is 19.5 Å². The van der Waals surface area contributed by atoms with Gasteiger partial charge in [-0.25, -0.2) is 4.79 Å². The zero-order valence-corrected chi connectivity index (χ0v) is 22.2. The van der Waals surface area contributed by atoms with E-state index in [0.717, 1.165) is 5.57 Å². The minimum Gasteiger partial charge on any atom is -0.480 e. The van der Waals surface area contributed by atoms with Crippen LogP contribution in [0.15, 0.2) is 65.3 Å². The Labute approximate surface area is 225 Å². The molecule has 9 heteroatoms. The Morgan fingerprint density at radius 1 is 1.11 bits per heavy atom. The Bertz CT molecular complexity index is 1320. The molecular weight excluding hydrogens is 513 g/mol. The van der Waals surface area contributed by atoms with Crippen LogP contribution >= 0.6 is 23.2 Å². The fraction of sp³-hybridized carbons (Fsp3) is 0.286. The van der Waals surface area contributed by atoms with Crippen molar-refractivity contribution in [3.8, 4) is 6.07 Å². The van der Waals surface area contributed by atoms with Gasteiger partial charge in [-0.2, -0.15) is 5.26 Å². The number of aliphatic carboxylic acids is 1. The number of halogens is 2. The van der Waals surface area contributed by atoms with E-state index >= 15 is 0 Å². The number of carboxylic acids is 1. The van der Waals surface area contributed by atoms with Gasteiger partial charge in [0.15, 0.2) is 0 Å². The van der Waals surface area contributed by atoms with Crippen LogP contribution in [-0.2, 0) is 16.0 Å². The monoisotopic (exact) mass is 539 g/mol. The first kappa shape index (κ1) is 28.0. The molecule has 3 rings (SSSR count). The van der Waals surface area contributed by atoms with E-state index in [4.69, 9.17) is 28.5 Å². The lowest BCUT2D eigenvalue weighted by Crippen LogP contribution is -2.45. The Morgan fingerprint density at radius 2 is 1.73 bits per heavy atom. The molecule has 0 saturated carbocycles. The SMILES string of the molecule is CC1=C(C(=O)N[C@@H](Cc2ccc(NC(=O)c3c(Cl)cccc3Cl)cc2)C(=O)O)C(C)(C)CCC1=CC#N. The normalized spacial score (nSPS) is 16.6. The molecule has 37 heavy (non-hydrogen) atoms. The topological polar surface area (TPSA) is 119 Å². The van der Waals surface area contributed by atoms with E-state index < -0.39 is 29.2 Å². The number of carbonyl (C=O) groups is 3. The number of nitriles is 1. The summed E-state index contributed by atoms with van der Waals surface area (Å²) in [7, 11) is 0. The van der Waals surface area contributed by atoms with Crippen LogP contribution in [0.2, 0.25) is 10.0 Å². The van der Waals surface area contributed by atoms with Crippen LogP contribution in [0.25, 0.3) is 0 Å². The molecule has 0 spiro atoms. The summed E-state index contributed by atoms with van der Waals surface area (Å²) >= 11 is 12.2. The lowest BCUT2D eigenvalue weighted by molar-refractivity contribution is -0.141. The molecule has 0 heterocycles. The second kappa shape index (κ2) is 11.6. The van der Waals surface area contributed by atoms with Crippen LogP contribution in [-0.4, -0.2) is 28.9 Å². The molecule has 2 amide bonds. The molecule has 1 atom stereocenters. The predicted molar refractivity (Wildman–Crippen MR) is 144 cm³/mol. The largest absolute Gasteiger partial charge is 0.480 e. The number of carboxylic acid groups (broad SMARTS) is 1. The van der Waals surface area contributed by atoms with E-state index in [0.29, 0.717) is 35.2 Å². The Hall–Kier alpha value is -3.60. The highest BCUT2D eigenvalue weighted by atomic mass is 35.5. The van der Waals surface area contributed by atoms with E-state index in [9.17, 15) is 19.5 Å². The fourth-order valence-corrected chi connectivity index (χ4v) is 5.03. The second-order valence-electron chi connectivity index (χ2n) is 9.50. The third-order valence-electron chi connectivity index (χ3n) is 6.46. The second-order valence-corrected chi connectivity index (χ2v) is 10.3. The summed E-state index contributed by atoms with van der Waals surface area (Å²) in [6, 6.07) is 12.2. The highest BCUT2D eigenvalue weighted by Gasteiger charge is 2.36. The first-order chi connectivity index (χ1) is 17.4. The number of anilines is 1. The molecule has 1 aliphatic rings. The van der Waals surface area contributed by atoms with Crippen molar-refractivity contribution in [3.63, 3.8) is 0 Å². The van der Waals surface area contributed by atoms with E-state index in [1.165, 1.54) is 6.08 Å². The van der Waals surface area contributed by atoms with Gasteiger partial charge in [0.25, 0.3) is 5.91 Å². The summed E-state index contributed by atoms with van der Waals surface area (Å²) in [5.41, 5.74) is 2.80. The molecule has 2 aromatic rings. The molecule has 0 fully saturated rings. The summed E-state index contributed by atoms with van der Waals surface area (Å²) in [5.74, 6) is -2.10. The molecule has 0 radical (unpaired) electrons. The first-order valence-corrected chi connectivity index (χ1v) is 12.4. The molecule has 1 aliphatic carbocycles. The molecule has 0 aliphatic heterocycles. The summed E-state index contributed by atoms with van der Waals surface area (Å²) in [4.78, 5) is 37.8. The van der Waals surface area contributed by atoms with Gasteiger partial charge in [0.2, 0.25) is 5.91 Å². The van der Waals surface area contributed by atoms with Crippen LogP contribution in [0.4, 0.5) is 5.69 Å². The number of hydrogen-bond donors (Lipinski definition) is 3. The predicted octanol–water partition coefficient (Wildman–Crippen LogP) is 5.94.